The van der Waals surface area contributed by atoms with Gasteiger partial charge in [0, 0.05) is 10.9 Å². The highest BCUT2D eigenvalue weighted by molar-refractivity contribution is 9.10. The van der Waals surface area contributed by atoms with Crippen LogP contribution < -0.4 is 4.90 Å². The number of carbonyl (C=O) groups is 2. The van der Waals surface area contributed by atoms with Crippen LogP contribution in [-0.2, 0) is 14.3 Å². The van der Waals surface area contributed by atoms with Gasteiger partial charge in [-0.25, -0.2) is 0 Å². The number of carbonyl (C=O) groups excluding carboxylic acids is 1. The monoisotopic (exact) mass is 327 g/mol. The molecule has 0 aliphatic carbocycles. The maximum Gasteiger partial charge on any atom is 0.303 e. The van der Waals surface area contributed by atoms with Crippen molar-refractivity contribution in [2.24, 2.45) is 0 Å². The second-order valence-corrected chi connectivity index (χ2v) is 5.17. The van der Waals surface area contributed by atoms with Crippen molar-refractivity contribution in [2.45, 2.75) is 18.9 Å². The molecule has 1 N–H and O–H groups in total. The number of anilines is 1. The second-order valence-electron chi connectivity index (χ2n) is 4.32. The van der Waals surface area contributed by atoms with Gasteiger partial charge in [0.2, 0.25) is 0 Å². The maximum atomic E-state index is 12.0. The van der Waals surface area contributed by atoms with Crippen LogP contribution in [0.3, 0.4) is 0 Å². The summed E-state index contributed by atoms with van der Waals surface area (Å²) in [5, 5.41) is 8.77. The van der Waals surface area contributed by atoms with Gasteiger partial charge in [-0.2, -0.15) is 0 Å². The molecule has 0 radical (unpaired) electrons. The van der Waals surface area contributed by atoms with Crippen LogP contribution in [0.5, 0.6) is 0 Å². The van der Waals surface area contributed by atoms with Crippen molar-refractivity contribution in [2.75, 3.05) is 18.1 Å². The lowest BCUT2D eigenvalue weighted by Gasteiger charge is -2.35. The average Bonchev–Trinajstić information content (AvgIpc) is 2.37. The largest absolute Gasteiger partial charge is 0.481 e. The van der Waals surface area contributed by atoms with Crippen molar-refractivity contribution in [1.29, 1.82) is 0 Å². The Balaban J connectivity index is 2.23. The molecule has 19 heavy (non-hydrogen) atoms. The maximum absolute atomic E-state index is 12.0. The summed E-state index contributed by atoms with van der Waals surface area (Å²) >= 11 is 3.42. The van der Waals surface area contributed by atoms with Crippen molar-refractivity contribution in [3.05, 3.63) is 28.7 Å². The van der Waals surface area contributed by atoms with Crippen LogP contribution in [0.25, 0.3) is 0 Å². The van der Waals surface area contributed by atoms with Gasteiger partial charge in [-0.3, -0.25) is 9.59 Å². The molecule has 2 rings (SSSR count). The number of halogens is 1. The van der Waals surface area contributed by atoms with Crippen molar-refractivity contribution in [3.63, 3.8) is 0 Å². The Morgan fingerprint density at radius 1 is 1.47 bits per heavy atom. The molecule has 1 unspecified atom stereocenters. The number of amides is 1. The molecule has 0 spiro atoms. The van der Waals surface area contributed by atoms with E-state index in [1.54, 1.807) is 4.90 Å². The zero-order chi connectivity index (χ0) is 13.8. The summed E-state index contributed by atoms with van der Waals surface area (Å²) in [6.45, 7) is 0.394. The summed E-state index contributed by atoms with van der Waals surface area (Å²) in [7, 11) is 0. The fourth-order valence-corrected chi connectivity index (χ4v) is 2.59. The lowest BCUT2D eigenvalue weighted by molar-refractivity contribution is -0.138. The minimum absolute atomic E-state index is 0.0161. The highest BCUT2D eigenvalue weighted by Gasteiger charge is 2.31. The third-order valence-corrected chi connectivity index (χ3v) is 3.64. The van der Waals surface area contributed by atoms with E-state index in [0.717, 1.165) is 10.2 Å². The van der Waals surface area contributed by atoms with Gasteiger partial charge < -0.3 is 14.7 Å². The smallest absolute Gasteiger partial charge is 0.303 e. The van der Waals surface area contributed by atoms with Crippen LogP contribution in [0.1, 0.15) is 12.8 Å². The number of rotatable bonds is 4. The number of para-hydroxylation sites is 1. The summed E-state index contributed by atoms with van der Waals surface area (Å²) in [6.07, 6.45) is 0.394. The summed E-state index contributed by atoms with van der Waals surface area (Å²) in [5.74, 6) is -1.02. The summed E-state index contributed by atoms with van der Waals surface area (Å²) in [5.41, 5.74) is 0.756. The summed E-state index contributed by atoms with van der Waals surface area (Å²) < 4.78 is 6.03. The molecule has 0 aromatic heterocycles. The van der Waals surface area contributed by atoms with E-state index < -0.39 is 5.97 Å². The van der Waals surface area contributed by atoms with Gasteiger partial charge in [0.25, 0.3) is 5.91 Å². The van der Waals surface area contributed by atoms with Crippen LogP contribution in [0, 0.1) is 0 Å². The highest BCUT2D eigenvalue weighted by atomic mass is 79.9. The minimum Gasteiger partial charge on any atom is -0.481 e. The van der Waals surface area contributed by atoms with E-state index in [4.69, 9.17) is 9.84 Å². The van der Waals surface area contributed by atoms with Crippen molar-refractivity contribution in [3.8, 4) is 0 Å². The number of benzene rings is 1. The van der Waals surface area contributed by atoms with Crippen molar-refractivity contribution in [1.82, 2.24) is 0 Å². The van der Waals surface area contributed by atoms with Gasteiger partial charge in [0.1, 0.15) is 6.61 Å². The predicted octanol–water partition coefficient (Wildman–Crippen LogP) is 2.05. The Labute approximate surface area is 119 Å². The molecule has 6 heteroatoms. The third-order valence-electron chi connectivity index (χ3n) is 2.97. The molecule has 1 aliphatic heterocycles. The molecule has 1 amide bonds. The van der Waals surface area contributed by atoms with E-state index in [1.807, 2.05) is 24.3 Å². The predicted molar refractivity (Wildman–Crippen MR) is 73.1 cm³/mol. The van der Waals surface area contributed by atoms with Crippen LogP contribution in [-0.4, -0.2) is 36.2 Å². The Morgan fingerprint density at radius 2 is 2.21 bits per heavy atom. The first kappa shape index (κ1) is 14.0. The van der Waals surface area contributed by atoms with Gasteiger partial charge >= 0.3 is 5.97 Å². The Kier molecular flexibility index (Phi) is 4.55. The SMILES string of the molecule is O=C(O)CCC1COCC(=O)N1c1ccccc1Br. The third kappa shape index (κ3) is 3.33. The highest BCUT2D eigenvalue weighted by Crippen LogP contribution is 2.30. The van der Waals surface area contributed by atoms with Gasteiger partial charge in [0.15, 0.2) is 0 Å². The molecule has 1 aromatic carbocycles. The van der Waals surface area contributed by atoms with Gasteiger partial charge in [-0.05, 0) is 34.5 Å². The van der Waals surface area contributed by atoms with E-state index in [2.05, 4.69) is 15.9 Å². The molecule has 0 saturated carbocycles. The fraction of sp³-hybridized carbons (Fsp3) is 0.385. The van der Waals surface area contributed by atoms with Crippen LogP contribution >= 0.6 is 15.9 Å². The van der Waals surface area contributed by atoms with E-state index in [1.165, 1.54) is 0 Å². The number of hydrogen-bond acceptors (Lipinski definition) is 3. The molecule has 102 valence electrons. The molecule has 5 nitrogen and oxygen atoms in total. The number of morpholine rings is 1. The molecule has 1 fully saturated rings. The average molecular weight is 328 g/mol. The minimum atomic E-state index is -0.870. The number of carboxylic acid groups (broad SMARTS) is 1. The quantitative estimate of drug-likeness (QED) is 0.919. The molecule has 1 heterocycles. The summed E-state index contributed by atoms with van der Waals surface area (Å²) in [6, 6.07) is 7.16. The zero-order valence-corrected chi connectivity index (χ0v) is 11.8. The van der Waals surface area contributed by atoms with Gasteiger partial charge in [-0.15, -0.1) is 0 Å². The number of ether oxygens (including phenoxy) is 1. The standard InChI is InChI=1S/C13H14BrNO4/c14-10-3-1-2-4-11(10)15-9(5-6-13(17)18)7-19-8-12(15)16/h1-4,9H,5-8H2,(H,17,18). The summed E-state index contributed by atoms with van der Waals surface area (Å²) in [4.78, 5) is 24.4. The van der Waals surface area contributed by atoms with E-state index in [-0.39, 0.29) is 25.0 Å². The molecular formula is C13H14BrNO4. The number of carboxylic acids is 1. The Bertz CT molecular complexity index is 491. The molecule has 1 saturated heterocycles. The van der Waals surface area contributed by atoms with Crippen LogP contribution in [0.15, 0.2) is 28.7 Å². The normalized spacial score (nSPS) is 19.5. The number of aliphatic carboxylic acids is 1. The lowest BCUT2D eigenvalue weighted by Crippen LogP contribution is -2.50. The fourth-order valence-electron chi connectivity index (χ4n) is 2.11. The van der Waals surface area contributed by atoms with Crippen molar-refractivity contribution >= 4 is 33.5 Å². The second kappa shape index (κ2) is 6.16. The number of nitrogens with zero attached hydrogens (tertiary/aromatic N) is 1. The van der Waals surface area contributed by atoms with Crippen LogP contribution in [0.2, 0.25) is 0 Å². The Hall–Kier alpha value is -1.40. The lowest BCUT2D eigenvalue weighted by atomic mass is 10.1. The van der Waals surface area contributed by atoms with Gasteiger partial charge in [-0.1, -0.05) is 12.1 Å². The molecule has 0 bridgehead atoms. The first-order chi connectivity index (χ1) is 9.09. The molecule has 1 aromatic rings. The molecular weight excluding hydrogens is 314 g/mol. The van der Waals surface area contributed by atoms with E-state index >= 15 is 0 Å². The van der Waals surface area contributed by atoms with Crippen molar-refractivity contribution < 1.29 is 19.4 Å². The molecule has 1 aliphatic rings. The van der Waals surface area contributed by atoms with Crippen LogP contribution in [0.4, 0.5) is 5.69 Å². The van der Waals surface area contributed by atoms with E-state index in [0.29, 0.717) is 13.0 Å². The topological polar surface area (TPSA) is 66.8 Å². The first-order valence-electron chi connectivity index (χ1n) is 5.95. The van der Waals surface area contributed by atoms with E-state index in [9.17, 15) is 9.59 Å². The van der Waals surface area contributed by atoms with Gasteiger partial charge in [0.05, 0.1) is 18.3 Å². The number of hydrogen-bond donors (Lipinski definition) is 1. The molecule has 1 atom stereocenters. The first-order valence-corrected chi connectivity index (χ1v) is 6.75. The zero-order valence-electron chi connectivity index (χ0n) is 10.2. The Morgan fingerprint density at radius 3 is 2.89 bits per heavy atom.